The highest BCUT2D eigenvalue weighted by atomic mass is 15.5. The van der Waals surface area contributed by atoms with Crippen molar-refractivity contribution in [3.8, 4) is 0 Å². The minimum Gasteiger partial charge on any atom is -0.261 e. The zero-order valence-corrected chi connectivity index (χ0v) is 7.38. The molecule has 1 aromatic heterocycles. The van der Waals surface area contributed by atoms with Crippen LogP contribution in [0, 0.1) is 5.53 Å². The average molecular weight is 187 g/mol. The molecule has 1 aromatic carbocycles. The largest absolute Gasteiger partial charge is 0.261 e. The molecule has 0 saturated heterocycles. The zero-order valence-electron chi connectivity index (χ0n) is 7.38. The lowest BCUT2D eigenvalue weighted by molar-refractivity contribution is 0.892. The molecule has 2 aromatic rings. The second-order valence-electron chi connectivity index (χ2n) is 2.69. The Labute approximate surface area is 80.9 Å². The molecule has 0 aliphatic carbocycles. The van der Waals surface area contributed by atoms with Gasteiger partial charge in [0.15, 0.2) is 5.82 Å². The van der Waals surface area contributed by atoms with Crippen LogP contribution in [0.1, 0.15) is 0 Å². The van der Waals surface area contributed by atoms with Gasteiger partial charge < -0.3 is 0 Å². The van der Waals surface area contributed by atoms with E-state index in [0.29, 0.717) is 5.82 Å². The summed E-state index contributed by atoms with van der Waals surface area (Å²) in [5.41, 5.74) is 7.90. The summed E-state index contributed by atoms with van der Waals surface area (Å²) in [6.45, 7) is 0. The summed E-state index contributed by atoms with van der Waals surface area (Å²) in [5, 5.41) is 11.4. The fourth-order valence-electron chi connectivity index (χ4n) is 1.19. The smallest absolute Gasteiger partial charge is 0.151 e. The van der Waals surface area contributed by atoms with Crippen molar-refractivity contribution in [2.45, 2.75) is 0 Å². The fraction of sp³-hybridized carbons (Fsp3) is 0. The van der Waals surface area contributed by atoms with Gasteiger partial charge in [-0.15, -0.1) is 0 Å². The Balaban J connectivity index is 2.36. The van der Waals surface area contributed by atoms with Crippen LogP contribution < -0.4 is 5.01 Å². The van der Waals surface area contributed by atoms with Crippen molar-refractivity contribution < 1.29 is 0 Å². The number of anilines is 2. The van der Waals surface area contributed by atoms with Crippen LogP contribution in [0.4, 0.5) is 11.5 Å². The Bertz CT molecular complexity index is 394. The van der Waals surface area contributed by atoms with E-state index in [1.54, 1.807) is 12.3 Å². The van der Waals surface area contributed by atoms with Crippen molar-refractivity contribution in [2.75, 3.05) is 5.01 Å². The van der Waals surface area contributed by atoms with Gasteiger partial charge in [-0.25, -0.2) is 0 Å². The van der Waals surface area contributed by atoms with Gasteiger partial charge in [-0.1, -0.05) is 23.4 Å². The van der Waals surface area contributed by atoms with E-state index in [0.717, 1.165) is 5.69 Å². The van der Waals surface area contributed by atoms with Crippen molar-refractivity contribution >= 4 is 11.5 Å². The molecule has 70 valence electrons. The Morgan fingerprint density at radius 2 is 2.00 bits per heavy atom. The van der Waals surface area contributed by atoms with Crippen LogP contribution in [0.5, 0.6) is 0 Å². The van der Waals surface area contributed by atoms with Crippen molar-refractivity contribution in [2.24, 2.45) is 5.22 Å². The summed E-state index contributed by atoms with van der Waals surface area (Å²) in [5.74, 6) is 0.672. The summed E-state index contributed by atoms with van der Waals surface area (Å²) < 4.78 is 0. The number of hydrogen-bond acceptors (Lipinski definition) is 3. The van der Waals surface area contributed by atoms with Crippen molar-refractivity contribution in [1.29, 1.82) is 5.53 Å². The first-order valence-electron chi connectivity index (χ1n) is 4.14. The molecule has 2 rings (SSSR count). The first kappa shape index (κ1) is 8.43. The predicted molar refractivity (Wildman–Crippen MR) is 52.3 cm³/mol. The van der Waals surface area contributed by atoms with Gasteiger partial charge in [0.1, 0.15) is 0 Å². The molecule has 0 spiro atoms. The maximum absolute atomic E-state index is 7.08. The van der Waals surface area contributed by atoms with E-state index in [1.807, 2.05) is 30.3 Å². The van der Waals surface area contributed by atoms with Crippen LogP contribution >= 0.6 is 0 Å². The first-order valence-corrected chi connectivity index (χ1v) is 4.14. The third-order valence-electron chi connectivity index (χ3n) is 1.81. The topological polar surface area (TPSA) is 68.1 Å². The normalized spacial score (nSPS) is 9.71. The van der Waals surface area contributed by atoms with Crippen molar-refractivity contribution in [3.05, 3.63) is 42.6 Å². The van der Waals surface area contributed by atoms with E-state index in [-0.39, 0.29) is 0 Å². The number of para-hydroxylation sites is 1. The third-order valence-corrected chi connectivity index (χ3v) is 1.81. The molecule has 0 amide bonds. The molecule has 0 aliphatic heterocycles. The molecule has 5 nitrogen and oxygen atoms in total. The molecule has 0 bridgehead atoms. The highest BCUT2D eigenvalue weighted by molar-refractivity contribution is 5.57. The van der Waals surface area contributed by atoms with Crippen LogP contribution in [0.25, 0.3) is 0 Å². The van der Waals surface area contributed by atoms with Crippen LogP contribution in [0.2, 0.25) is 0 Å². The second-order valence-corrected chi connectivity index (χ2v) is 2.69. The minimum absolute atomic E-state index is 0.672. The molecule has 0 fully saturated rings. The van der Waals surface area contributed by atoms with Gasteiger partial charge in [0, 0.05) is 6.07 Å². The highest BCUT2D eigenvalue weighted by Crippen LogP contribution is 2.22. The summed E-state index contributed by atoms with van der Waals surface area (Å²) in [6.07, 6.45) is 1.62. The quantitative estimate of drug-likeness (QED) is 0.572. The molecule has 0 unspecified atom stereocenters. The Hall–Kier alpha value is -2.17. The van der Waals surface area contributed by atoms with Gasteiger partial charge in [0.05, 0.1) is 11.9 Å². The maximum atomic E-state index is 7.08. The van der Waals surface area contributed by atoms with Crippen LogP contribution in [0.3, 0.4) is 0 Å². The van der Waals surface area contributed by atoms with Gasteiger partial charge >= 0.3 is 0 Å². The van der Waals surface area contributed by atoms with E-state index in [2.05, 4.69) is 15.4 Å². The number of aromatic amines is 1. The van der Waals surface area contributed by atoms with Crippen LogP contribution in [-0.2, 0) is 0 Å². The number of nitrogens with one attached hydrogen (secondary N) is 2. The summed E-state index contributed by atoms with van der Waals surface area (Å²) >= 11 is 0. The highest BCUT2D eigenvalue weighted by Gasteiger charge is 2.07. The van der Waals surface area contributed by atoms with Gasteiger partial charge in [0.2, 0.25) is 0 Å². The Morgan fingerprint density at radius 3 is 2.57 bits per heavy atom. The lowest BCUT2D eigenvalue weighted by Gasteiger charge is -2.13. The number of rotatable bonds is 3. The van der Waals surface area contributed by atoms with Crippen LogP contribution in [-0.4, -0.2) is 10.2 Å². The van der Waals surface area contributed by atoms with E-state index >= 15 is 0 Å². The molecule has 0 radical (unpaired) electrons. The molecule has 5 heteroatoms. The SMILES string of the molecule is N=NN(c1ccccc1)c1ccn[nH]1. The van der Waals surface area contributed by atoms with E-state index in [1.165, 1.54) is 5.01 Å². The molecule has 0 aliphatic rings. The standard InChI is InChI=1S/C9H9N5/c10-13-14(9-6-7-11-12-9)8-4-2-1-3-5-8/h1-7,10H,(H,11,12). The predicted octanol–water partition coefficient (Wildman–Crippen LogP) is 2.49. The fourth-order valence-corrected chi connectivity index (χ4v) is 1.19. The lowest BCUT2D eigenvalue weighted by Crippen LogP contribution is -2.07. The zero-order chi connectivity index (χ0) is 9.80. The monoisotopic (exact) mass is 187 g/mol. The summed E-state index contributed by atoms with van der Waals surface area (Å²) in [6, 6.07) is 11.2. The number of hydrogen-bond donors (Lipinski definition) is 2. The summed E-state index contributed by atoms with van der Waals surface area (Å²) in [4.78, 5) is 0. The number of H-pyrrole nitrogens is 1. The molecular weight excluding hydrogens is 178 g/mol. The minimum atomic E-state index is 0.672. The molecule has 0 atom stereocenters. The molecule has 0 saturated carbocycles. The van der Waals surface area contributed by atoms with E-state index < -0.39 is 0 Å². The molecule has 2 N–H and O–H groups in total. The van der Waals surface area contributed by atoms with Gasteiger partial charge in [-0.3, -0.25) is 5.10 Å². The lowest BCUT2D eigenvalue weighted by atomic mass is 10.3. The second kappa shape index (κ2) is 3.69. The summed E-state index contributed by atoms with van der Waals surface area (Å²) in [7, 11) is 0. The number of benzene rings is 1. The third kappa shape index (κ3) is 1.47. The maximum Gasteiger partial charge on any atom is 0.151 e. The number of aromatic nitrogens is 2. The first-order chi connectivity index (χ1) is 6.92. The van der Waals surface area contributed by atoms with Gasteiger partial charge in [-0.2, -0.15) is 15.6 Å². The average Bonchev–Trinajstić information content (AvgIpc) is 2.74. The van der Waals surface area contributed by atoms with Gasteiger partial charge in [0.25, 0.3) is 0 Å². The van der Waals surface area contributed by atoms with E-state index in [4.69, 9.17) is 5.53 Å². The Kier molecular flexibility index (Phi) is 2.22. The number of nitrogens with zero attached hydrogens (tertiary/aromatic N) is 3. The molecule has 1 heterocycles. The van der Waals surface area contributed by atoms with Crippen LogP contribution in [0.15, 0.2) is 47.8 Å². The van der Waals surface area contributed by atoms with Gasteiger partial charge in [-0.05, 0) is 12.1 Å². The van der Waals surface area contributed by atoms with Crippen molar-refractivity contribution in [1.82, 2.24) is 10.2 Å². The van der Waals surface area contributed by atoms with E-state index in [9.17, 15) is 0 Å². The van der Waals surface area contributed by atoms with Crippen molar-refractivity contribution in [3.63, 3.8) is 0 Å². The Morgan fingerprint density at radius 1 is 1.21 bits per heavy atom. The molecule has 14 heavy (non-hydrogen) atoms. The molecular formula is C9H9N5.